The summed E-state index contributed by atoms with van der Waals surface area (Å²) < 4.78 is 16.7. The number of halogens is 1. The van der Waals surface area contributed by atoms with Gasteiger partial charge in [-0.3, -0.25) is 0 Å². The normalized spacial score (nSPS) is 14.1. The van der Waals surface area contributed by atoms with Crippen molar-refractivity contribution in [2.75, 3.05) is 19.8 Å². The Labute approximate surface area is 152 Å². The van der Waals surface area contributed by atoms with Gasteiger partial charge >= 0.3 is 0 Å². The summed E-state index contributed by atoms with van der Waals surface area (Å²) in [5.74, 6) is 2.87. The minimum atomic E-state index is 0.476. The van der Waals surface area contributed by atoms with Crippen LogP contribution < -0.4 is 20.1 Å². The van der Waals surface area contributed by atoms with E-state index in [1.807, 2.05) is 31.2 Å². The maximum absolute atomic E-state index is 6.33. The molecule has 0 spiro atoms. The molecule has 0 aliphatic carbocycles. The second-order valence-corrected chi connectivity index (χ2v) is 5.99. The molecule has 3 rings (SSSR count). The van der Waals surface area contributed by atoms with E-state index in [4.69, 9.17) is 25.5 Å². The quantitative estimate of drug-likeness (QED) is 0.630. The SMILES string of the molecule is CCNC(=NCc1cc(Cl)c2c(c1)OCCCO2)NCc1ccco1. The van der Waals surface area contributed by atoms with Crippen molar-refractivity contribution in [2.45, 2.75) is 26.4 Å². The van der Waals surface area contributed by atoms with Gasteiger partial charge in [0.25, 0.3) is 0 Å². The second-order valence-electron chi connectivity index (χ2n) is 5.58. The Balaban J connectivity index is 1.69. The number of hydrogen-bond acceptors (Lipinski definition) is 4. The van der Waals surface area contributed by atoms with Crippen LogP contribution in [0.1, 0.15) is 24.7 Å². The highest BCUT2D eigenvalue weighted by atomic mass is 35.5. The van der Waals surface area contributed by atoms with Crippen LogP contribution in [0.2, 0.25) is 5.02 Å². The Kier molecular flexibility index (Phi) is 6.06. The van der Waals surface area contributed by atoms with Gasteiger partial charge in [-0.25, -0.2) is 4.99 Å². The maximum atomic E-state index is 6.33. The zero-order valence-corrected chi connectivity index (χ0v) is 14.9. The summed E-state index contributed by atoms with van der Waals surface area (Å²) in [5, 5.41) is 7.00. The molecular formula is C18H22ClN3O3. The molecule has 2 heterocycles. The summed E-state index contributed by atoms with van der Waals surface area (Å²) in [7, 11) is 0. The van der Waals surface area contributed by atoms with Gasteiger partial charge in [-0.05, 0) is 36.8 Å². The Morgan fingerprint density at radius 1 is 1.24 bits per heavy atom. The summed E-state index contributed by atoms with van der Waals surface area (Å²) in [6.07, 6.45) is 2.50. The highest BCUT2D eigenvalue weighted by Crippen LogP contribution is 2.38. The molecule has 2 N–H and O–H groups in total. The predicted molar refractivity (Wildman–Crippen MR) is 97.4 cm³/mol. The Morgan fingerprint density at radius 3 is 2.92 bits per heavy atom. The fourth-order valence-corrected chi connectivity index (χ4v) is 2.76. The molecule has 7 heteroatoms. The number of fused-ring (bicyclic) bond motifs is 1. The summed E-state index contributed by atoms with van der Waals surface area (Å²) in [4.78, 5) is 4.59. The molecule has 25 heavy (non-hydrogen) atoms. The van der Waals surface area contributed by atoms with E-state index in [1.54, 1.807) is 6.26 Å². The van der Waals surface area contributed by atoms with Crippen LogP contribution >= 0.6 is 11.6 Å². The summed E-state index contributed by atoms with van der Waals surface area (Å²) in [6, 6.07) is 7.59. The molecule has 134 valence electrons. The number of rotatable bonds is 5. The van der Waals surface area contributed by atoms with Crippen LogP contribution in [0.25, 0.3) is 0 Å². The van der Waals surface area contributed by atoms with E-state index in [-0.39, 0.29) is 0 Å². The highest BCUT2D eigenvalue weighted by Gasteiger charge is 2.15. The third kappa shape index (κ3) is 4.82. The van der Waals surface area contributed by atoms with Crippen LogP contribution in [-0.2, 0) is 13.1 Å². The first kappa shape index (κ1) is 17.5. The number of nitrogens with zero attached hydrogens (tertiary/aromatic N) is 1. The Bertz CT molecular complexity index is 717. The fourth-order valence-electron chi connectivity index (χ4n) is 2.47. The highest BCUT2D eigenvalue weighted by molar-refractivity contribution is 6.32. The molecule has 0 atom stereocenters. The van der Waals surface area contributed by atoms with Gasteiger partial charge in [-0.15, -0.1) is 0 Å². The predicted octanol–water partition coefficient (Wildman–Crippen LogP) is 3.35. The number of furan rings is 1. The molecule has 2 aromatic rings. The van der Waals surface area contributed by atoms with E-state index >= 15 is 0 Å². The zero-order chi connectivity index (χ0) is 17.5. The first-order valence-electron chi connectivity index (χ1n) is 8.39. The molecule has 0 radical (unpaired) electrons. The number of hydrogen-bond donors (Lipinski definition) is 2. The van der Waals surface area contributed by atoms with E-state index in [1.165, 1.54) is 0 Å². The van der Waals surface area contributed by atoms with Crippen molar-refractivity contribution < 1.29 is 13.9 Å². The number of guanidine groups is 1. The van der Waals surface area contributed by atoms with Crippen LogP contribution in [0.4, 0.5) is 0 Å². The Hall–Kier alpha value is -2.34. The molecule has 1 aliphatic heterocycles. The average molecular weight is 364 g/mol. The lowest BCUT2D eigenvalue weighted by molar-refractivity contribution is 0.297. The van der Waals surface area contributed by atoms with E-state index < -0.39 is 0 Å². The number of ether oxygens (including phenoxy) is 2. The lowest BCUT2D eigenvalue weighted by atomic mass is 10.2. The fraction of sp³-hybridized carbons (Fsp3) is 0.389. The lowest BCUT2D eigenvalue weighted by Crippen LogP contribution is -2.36. The minimum Gasteiger partial charge on any atom is -0.489 e. The average Bonchev–Trinajstić information content (AvgIpc) is 3.01. The van der Waals surface area contributed by atoms with Crippen molar-refractivity contribution in [2.24, 2.45) is 4.99 Å². The van der Waals surface area contributed by atoms with Crippen LogP contribution in [0.5, 0.6) is 11.5 Å². The molecule has 1 aromatic heterocycles. The number of nitrogens with one attached hydrogen (secondary N) is 2. The van der Waals surface area contributed by atoms with Crippen molar-refractivity contribution in [1.29, 1.82) is 0 Å². The molecule has 0 unspecified atom stereocenters. The van der Waals surface area contributed by atoms with Crippen LogP contribution in [0, 0.1) is 0 Å². The molecule has 0 bridgehead atoms. The van der Waals surface area contributed by atoms with Gasteiger partial charge in [-0.1, -0.05) is 11.6 Å². The monoisotopic (exact) mass is 363 g/mol. The molecule has 1 aromatic carbocycles. The molecule has 0 saturated heterocycles. The number of benzene rings is 1. The van der Waals surface area contributed by atoms with Gasteiger partial charge in [0.15, 0.2) is 17.5 Å². The topological polar surface area (TPSA) is 68.0 Å². The first-order valence-corrected chi connectivity index (χ1v) is 8.76. The maximum Gasteiger partial charge on any atom is 0.191 e. The summed E-state index contributed by atoms with van der Waals surface area (Å²) in [6.45, 7) is 5.08. The molecule has 1 aliphatic rings. The van der Waals surface area contributed by atoms with Gasteiger partial charge in [0.1, 0.15) is 5.76 Å². The molecule has 0 fully saturated rings. The third-order valence-electron chi connectivity index (χ3n) is 3.64. The molecule has 0 amide bonds. The van der Waals surface area contributed by atoms with Gasteiger partial charge < -0.3 is 24.5 Å². The van der Waals surface area contributed by atoms with E-state index in [2.05, 4.69) is 15.6 Å². The largest absolute Gasteiger partial charge is 0.489 e. The minimum absolute atomic E-state index is 0.476. The lowest BCUT2D eigenvalue weighted by Gasteiger charge is -2.12. The van der Waals surface area contributed by atoms with E-state index in [9.17, 15) is 0 Å². The van der Waals surface area contributed by atoms with Gasteiger partial charge in [-0.2, -0.15) is 0 Å². The first-order chi connectivity index (χ1) is 12.3. The summed E-state index contributed by atoms with van der Waals surface area (Å²) in [5.41, 5.74) is 0.962. The van der Waals surface area contributed by atoms with E-state index in [0.717, 1.165) is 24.3 Å². The zero-order valence-electron chi connectivity index (χ0n) is 14.2. The standard InChI is InChI=1S/C18H22ClN3O3/c1-2-20-18(22-12-14-5-3-6-23-14)21-11-13-9-15(19)17-16(10-13)24-7-4-8-25-17/h3,5-6,9-10H,2,4,7-8,11-12H2,1H3,(H2,20,21,22). The van der Waals surface area contributed by atoms with Gasteiger partial charge in [0.05, 0.1) is 37.6 Å². The van der Waals surface area contributed by atoms with Crippen LogP contribution in [-0.4, -0.2) is 25.7 Å². The smallest absolute Gasteiger partial charge is 0.191 e. The van der Waals surface area contributed by atoms with Crippen molar-refractivity contribution in [3.05, 3.63) is 46.9 Å². The molecular weight excluding hydrogens is 342 g/mol. The third-order valence-corrected chi connectivity index (χ3v) is 3.92. The van der Waals surface area contributed by atoms with Crippen LogP contribution in [0.15, 0.2) is 39.9 Å². The van der Waals surface area contributed by atoms with Crippen molar-refractivity contribution in [1.82, 2.24) is 10.6 Å². The molecule has 0 saturated carbocycles. The van der Waals surface area contributed by atoms with Crippen molar-refractivity contribution in [3.63, 3.8) is 0 Å². The second kappa shape index (κ2) is 8.67. The van der Waals surface area contributed by atoms with Crippen molar-refractivity contribution >= 4 is 17.6 Å². The van der Waals surface area contributed by atoms with Crippen LogP contribution in [0.3, 0.4) is 0 Å². The van der Waals surface area contributed by atoms with Gasteiger partial charge in [0, 0.05) is 13.0 Å². The number of aliphatic imine (C=N–C) groups is 1. The summed E-state index contributed by atoms with van der Waals surface area (Å²) >= 11 is 6.33. The van der Waals surface area contributed by atoms with E-state index in [0.29, 0.717) is 48.8 Å². The van der Waals surface area contributed by atoms with Gasteiger partial charge in [0.2, 0.25) is 0 Å². The molecule has 6 nitrogen and oxygen atoms in total. The van der Waals surface area contributed by atoms with Crippen molar-refractivity contribution in [3.8, 4) is 11.5 Å². The Morgan fingerprint density at radius 2 is 2.12 bits per heavy atom.